The Hall–Kier alpha value is -2.03. The van der Waals surface area contributed by atoms with Crippen molar-refractivity contribution in [2.45, 2.75) is 9.79 Å². The number of benzene rings is 2. The van der Waals surface area contributed by atoms with Gasteiger partial charge >= 0.3 is 0 Å². The second kappa shape index (κ2) is 5.74. The summed E-state index contributed by atoms with van der Waals surface area (Å²) in [5.74, 6) is 0. The molecule has 19 heavy (non-hydrogen) atoms. The lowest BCUT2D eigenvalue weighted by Crippen LogP contribution is -1.87. The van der Waals surface area contributed by atoms with E-state index in [1.807, 2.05) is 0 Å². The second-order valence-electron chi connectivity index (χ2n) is 3.58. The predicted octanol–water partition coefficient (Wildman–Crippen LogP) is 4.27. The minimum Gasteiger partial charge on any atom is -0.258 e. The molecule has 0 heterocycles. The van der Waals surface area contributed by atoms with Gasteiger partial charge in [0.05, 0.1) is 15.5 Å². The van der Waals surface area contributed by atoms with E-state index < -0.39 is 4.92 Å². The minimum absolute atomic E-state index is 0.0379. The van der Waals surface area contributed by atoms with Crippen LogP contribution >= 0.6 is 23.4 Å². The number of hydrogen-bond acceptors (Lipinski definition) is 4. The SMILES string of the molecule is N#Cc1c(Cl)cccc1Sc1ccc([N+](=O)[O-])cc1. The summed E-state index contributed by atoms with van der Waals surface area (Å²) in [6, 6.07) is 13.4. The monoisotopic (exact) mass is 290 g/mol. The zero-order valence-corrected chi connectivity index (χ0v) is 11.1. The van der Waals surface area contributed by atoms with Crippen LogP contribution in [0, 0.1) is 21.4 Å². The van der Waals surface area contributed by atoms with Crippen LogP contribution in [0.1, 0.15) is 5.56 Å². The zero-order valence-electron chi connectivity index (χ0n) is 9.54. The summed E-state index contributed by atoms with van der Waals surface area (Å²) >= 11 is 7.28. The van der Waals surface area contributed by atoms with Gasteiger partial charge in [0.1, 0.15) is 6.07 Å². The average Bonchev–Trinajstić information content (AvgIpc) is 2.39. The maximum Gasteiger partial charge on any atom is 0.269 e. The van der Waals surface area contributed by atoms with Gasteiger partial charge in [-0.05, 0) is 24.3 Å². The molecule has 2 aromatic carbocycles. The Kier molecular flexibility index (Phi) is 4.05. The van der Waals surface area contributed by atoms with Crippen LogP contribution in [0.15, 0.2) is 52.3 Å². The number of non-ortho nitro benzene ring substituents is 1. The Morgan fingerprint density at radius 1 is 1.21 bits per heavy atom. The molecule has 0 aliphatic rings. The molecule has 6 heteroatoms. The first kappa shape index (κ1) is 13.4. The van der Waals surface area contributed by atoms with Crippen LogP contribution < -0.4 is 0 Å². The first-order chi connectivity index (χ1) is 9.11. The minimum atomic E-state index is -0.450. The van der Waals surface area contributed by atoms with Gasteiger partial charge in [-0.15, -0.1) is 0 Å². The molecule has 2 rings (SSSR count). The van der Waals surface area contributed by atoms with Gasteiger partial charge in [0.2, 0.25) is 0 Å². The number of hydrogen-bond donors (Lipinski definition) is 0. The highest BCUT2D eigenvalue weighted by Crippen LogP contribution is 2.33. The van der Waals surface area contributed by atoms with Crippen molar-refractivity contribution in [2.24, 2.45) is 0 Å². The molecule has 2 aromatic rings. The maximum absolute atomic E-state index is 10.6. The molecular weight excluding hydrogens is 284 g/mol. The summed E-state index contributed by atoms with van der Waals surface area (Å²) in [6.07, 6.45) is 0. The molecule has 0 aliphatic heterocycles. The highest BCUT2D eigenvalue weighted by atomic mass is 35.5. The largest absolute Gasteiger partial charge is 0.269 e. The lowest BCUT2D eigenvalue weighted by Gasteiger charge is -2.04. The summed E-state index contributed by atoms with van der Waals surface area (Å²) in [7, 11) is 0. The van der Waals surface area contributed by atoms with Gasteiger partial charge in [-0.1, -0.05) is 29.4 Å². The van der Waals surface area contributed by atoms with Crippen molar-refractivity contribution in [2.75, 3.05) is 0 Å². The number of nitriles is 1. The molecule has 0 N–H and O–H groups in total. The Morgan fingerprint density at radius 2 is 1.89 bits per heavy atom. The van der Waals surface area contributed by atoms with Crippen LogP contribution in [0.3, 0.4) is 0 Å². The normalized spacial score (nSPS) is 9.89. The number of nitro groups is 1. The van der Waals surface area contributed by atoms with Crippen LogP contribution in [0.2, 0.25) is 5.02 Å². The van der Waals surface area contributed by atoms with Gasteiger partial charge in [0.15, 0.2) is 0 Å². The molecule has 0 fully saturated rings. The van der Waals surface area contributed by atoms with E-state index in [2.05, 4.69) is 6.07 Å². The van der Waals surface area contributed by atoms with Gasteiger partial charge in [0.25, 0.3) is 5.69 Å². The third kappa shape index (κ3) is 3.05. The molecule has 0 spiro atoms. The van der Waals surface area contributed by atoms with Crippen LogP contribution in [-0.4, -0.2) is 4.92 Å². The fourth-order valence-electron chi connectivity index (χ4n) is 1.46. The molecule has 0 atom stereocenters. The third-order valence-corrected chi connectivity index (χ3v) is 3.75. The van der Waals surface area contributed by atoms with Crippen molar-refractivity contribution in [1.29, 1.82) is 5.26 Å². The second-order valence-corrected chi connectivity index (χ2v) is 5.10. The first-order valence-electron chi connectivity index (χ1n) is 5.22. The van der Waals surface area contributed by atoms with E-state index in [-0.39, 0.29) is 5.69 Å². The molecular formula is C13H7ClN2O2S. The van der Waals surface area contributed by atoms with Gasteiger partial charge in [0, 0.05) is 21.9 Å². The molecule has 4 nitrogen and oxygen atoms in total. The van der Waals surface area contributed by atoms with Gasteiger partial charge in [-0.25, -0.2) is 0 Å². The van der Waals surface area contributed by atoms with Gasteiger partial charge in [-0.3, -0.25) is 10.1 Å². The Morgan fingerprint density at radius 3 is 2.47 bits per heavy atom. The lowest BCUT2D eigenvalue weighted by molar-refractivity contribution is -0.384. The van der Waals surface area contributed by atoms with E-state index in [9.17, 15) is 10.1 Å². The van der Waals surface area contributed by atoms with E-state index in [4.69, 9.17) is 16.9 Å². The molecule has 0 amide bonds. The first-order valence-corrected chi connectivity index (χ1v) is 6.42. The standard InChI is InChI=1S/C13H7ClN2O2S/c14-12-2-1-3-13(11(12)8-15)19-10-6-4-9(5-7-10)16(17)18/h1-7H. The number of nitro benzene ring substituents is 1. The van der Waals surface area contributed by atoms with E-state index in [0.29, 0.717) is 10.6 Å². The van der Waals surface area contributed by atoms with Crippen molar-refractivity contribution < 1.29 is 4.92 Å². The van der Waals surface area contributed by atoms with E-state index in [0.717, 1.165) is 9.79 Å². The topological polar surface area (TPSA) is 66.9 Å². The van der Waals surface area contributed by atoms with Crippen LogP contribution in [0.25, 0.3) is 0 Å². The maximum atomic E-state index is 10.6. The molecule has 0 radical (unpaired) electrons. The molecule has 0 bridgehead atoms. The summed E-state index contributed by atoms with van der Waals surface area (Å²) in [6.45, 7) is 0. The average molecular weight is 291 g/mol. The van der Waals surface area contributed by atoms with Crippen molar-refractivity contribution in [3.05, 3.63) is 63.2 Å². The van der Waals surface area contributed by atoms with Crippen LogP contribution in [0.4, 0.5) is 5.69 Å². The zero-order chi connectivity index (χ0) is 13.8. The molecule has 0 saturated heterocycles. The smallest absolute Gasteiger partial charge is 0.258 e. The predicted molar refractivity (Wildman–Crippen MR) is 73.4 cm³/mol. The summed E-state index contributed by atoms with van der Waals surface area (Å²) in [4.78, 5) is 11.6. The van der Waals surface area contributed by atoms with E-state index in [1.165, 1.54) is 23.9 Å². The third-order valence-electron chi connectivity index (χ3n) is 2.36. The van der Waals surface area contributed by atoms with Crippen molar-refractivity contribution in [3.8, 4) is 6.07 Å². The van der Waals surface area contributed by atoms with Crippen molar-refractivity contribution in [1.82, 2.24) is 0 Å². The van der Waals surface area contributed by atoms with Crippen LogP contribution in [0.5, 0.6) is 0 Å². The summed E-state index contributed by atoms with van der Waals surface area (Å²) < 4.78 is 0. The highest BCUT2D eigenvalue weighted by molar-refractivity contribution is 7.99. The van der Waals surface area contributed by atoms with Crippen molar-refractivity contribution in [3.63, 3.8) is 0 Å². The van der Waals surface area contributed by atoms with Crippen LogP contribution in [-0.2, 0) is 0 Å². The Balaban J connectivity index is 2.29. The fraction of sp³-hybridized carbons (Fsp3) is 0. The molecule has 0 aromatic heterocycles. The van der Waals surface area contributed by atoms with Gasteiger partial charge < -0.3 is 0 Å². The molecule has 0 unspecified atom stereocenters. The Labute approximate surface area is 118 Å². The number of rotatable bonds is 3. The highest BCUT2D eigenvalue weighted by Gasteiger charge is 2.09. The molecule has 94 valence electrons. The molecule has 0 saturated carbocycles. The summed E-state index contributed by atoms with van der Waals surface area (Å²) in [5.41, 5.74) is 0.448. The van der Waals surface area contributed by atoms with E-state index in [1.54, 1.807) is 30.3 Å². The quantitative estimate of drug-likeness (QED) is 0.625. The van der Waals surface area contributed by atoms with Crippen molar-refractivity contribution >= 4 is 29.1 Å². The summed E-state index contributed by atoms with van der Waals surface area (Å²) in [5, 5.41) is 20.0. The lowest BCUT2D eigenvalue weighted by atomic mass is 10.2. The number of halogens is 1. The number of nitrogens with zero attached hydrogens (tertiary/aromatic N) is 2. The fourth-order valence-corrected chi connectivity index (χ4v) is 2.66. The van der Waals surface area contributed by atoms with Gasteiger partial charge in [-0.2, -0.15) is 5.26 Å². The Bertz CT molecular complexity index is 665. The van der Waals surface area contributed by atoms with E-state index >= 15 is 0 Å². The molecule has 0 aliphatic carbocycles.